The van der Waals surface area contributed by atoms with Crippen LogP contribution in [0, 0.1) is 18.3 Å². The van der Waals surface area contributed by atoms with Gasteiger partial charge in [0.25, 0.3) is 16.1 Å². The van der Waals surface area contributed by atoms with Crippen LogP contribution in [0.3, 0.4) is 0 Å². The maximum absolute atomic E-state index is 11.3. The van der Waals surface area contributed by atoms with E-state index < -0.39 is 10.0 Å². The molecule has 1 aromatic carbocycles. The van der Waals surface area contributed by atoms with E-state index in [2.05, 4.69) is 4.40 Å². The lowest BCUT2D eigenvalue weighted by Gasteiger charge is -2.01. The third-order valence-corrected chi connectivity index (χ3v) is 3.07. The molecule has 1 rings (SSSR count). The number of sulfonamides is 1. The number of benzene rings is 1. The second-order valence-electron chi connectivity index (χ2n) is 2.75. The van der Waals surface area contributed by atoms with Crippen LogP contribution in [-0.4, -0.2) is 14.5 Å². The lowest BCUT2D eigenvalue weighted by molar-refractivity contribution is 0.563. The highest BCUT2D eigenvalue weighted by atomic mass is 32.2. The second-order valence-corrected chi connectivity index (χ2v) is 4.32. The first-order chi connectivity index (χ1) is 7.01. The molecule has 0 heterocycles. The first-order valence-corrected chi connectivity index (χ1v) is 5.30. The van der Waals surface area contributed by atoms with E-state index in [1.807, 2.05) is 6.07 Å². The number of hydrogen-bond acceptors (Lipinski definition) is 4. The molecule has 5 nitrogen and oxygen atoms in total. The lowest BCUT2D eigenvalue weighted by atomic mass is 10.2. The lowest BCUT2D eigenvalue weighted by Crippen LogP contribution is -1.99. The van der Waals surface area contributed by atoms with Gasteiger partial charge in [-0.25, -0.2) is 4.79 Å². The Kier molecular flexibility index (Phi) is 3.00. The Morgan fingerprint density at radius 1 is 1.40 bits per heavy atom. The van der Waals surface area contributed by atoms with Crippen LogP contribution in [0.5, 0.6) is 0 Å². The molecular formula is C9H6N2O3S. The van der Waals surface area contributed by atoms with E-state index in [-0.39, 0.29) is 4.90 Å². The monoisotopic (exact) mass is 222 g/mol. The smallest absolute Gasteiger partial charge is 0.210 e. The minimum Gasteiger partial charge on any atom is -0.210 e. The van der Waals surface area contributed by atoms with Gasteiger partial charge >= 0.3 is 0 Å². The summed E-state index contributed by atoms with van der Waals surface area (Å²) < 4.78 is 25.4. The molecule has 0 radical (unpaired) electrons. The van der Waals surface area contributed by atoms with Crippen molar-refractivity contribution in [1.82, 2.24) is 0 Å². The summed E-state index contributed by atoms with van der Waals surface area (Å²) >= 11 is 0. The van der Waals surface area contributed by atoms with E-state index in [0.717, 1.165) is 6.08 Å². The zero-order valence-corrected chi connectivity index (χ0v) is 8.58. The summed E-state index contributed by atoms with van der Waals surface area (Å²) in [6.07, 6.45) is 0.984. The second kappa shape index (κ2) is 4.05. The van der Waals surface area contributed by atoms with E-state index in [9.17, 15) is 13.2 Å². The third-order valence-electron chi connectivity index (χ3n) is 1.74. The summed E-state index contributed by atoms with van der Waals surface area (Å²) in [7, 11) is -3.97. The van der Waals surface area contributed by atoms with E-state index in [0.29, 0.717) is 11.1 Å². The number of carbonyl (C=O) groups excluding carboxylic acids is 1. The fourth-order valence-electron chi connectivity index (χ4n) is 1.11. The van der Waals surface area contributed by atoms with Crippen molar-refractivity contribution < 1.29 is 13.2 Å². The predicted octanol–water partition coefficient (Wildman–Crippen LogP) is 0.891. The Hall–Kier alpha value is -1.96. The summed E-state index contributed by atoms with van der Waals surface area (Å²) in [4.78, 5) is 9.81. The van der Waals surface area contributed by atoms with Crippen molar-refractivity contribution in [3.63, 3.8) is 0 Å². The Morgan fingerprint density at radius 2 is 2.07 bits per heavy atom. The normalized spacial score (nSPS) is 10.1. The number of nitrogens with zero attached hydrogens (tertiary/aromatic N) is 2. The zero-order chi connectivity index (χ0) is 11.5. The van der Waals surface area contributed by atoms with Crippen LogP contribution >= 0.6 is 0 Å². The van der Waals surface area contributed by atoms with Crippen molar-refractivity contribution >= 4 is 16.1 Å². The van der Waals surface area contributed by atoms with Gasteiger partial charge in [-0.1, -0.05) is 4.40 Å². The van der Waals surface area contributed by atoms with Crippen LogP contribution in [0.1, 0.15) is 11.1 Å². The van der Waals surface area contributed by atoms with Crippen LogP contribution in [0.4, 0.5) is 0 Å². The van der Waals surface area contributed by atoms with Crippen molar-refractivity contribution in [1.29, 1.82) is 5.26 Å². The number of hydrogen-bond donors (Lipinski definition) is 0. The molecular weight excluding hydrogens is 216 g/mol. The summed E-state index contributed by atoms with van der Waals surface area (Å²) in [5.41, 5.74) is 0.717. The molecule has 0 fully saturated rings. The van der Waals surface area contributed by atoms with Gasteiger partial charge in [-0.2, -0.15) is 13.7 Å². The molecule has 0 aliphatic heterocycles. The SMILES string of the molecule is Cc1cc(C#N)ccc1S(=O)(=O)N=C=O. The molecule has 0 saturated carbocycles. The molecule has 0 amide bonds. The summed E-state index contributed by atoms with van der Waals surface area (Å²) in [6, 6.07) is 5.87. The number of nitriles is 1. The van der Waals surface area contributed by atoms with Crippen LogP contribution in [0.2, 0.25) is 0 Å². The van der Waals surface area contributed by atoms with E-state index in [1.165, 1.54) is 25.1 Å². The molecule has 15 heavy (non-hydrogen) atoms. The Balaban J connectivity index is 3.43. The Labute approximate surface area is 86.7 Å². The van der Waals surface area contributed by atoms with Crippen LogP contribution < -0.4 is 0 Å². The third kappa shape index (κ3) is 2.29. The molecule has 0 aromatic heterocycles. The molecule has 6 heteroatoms. The highest BCUT2D eigenvalue weighted by Crippen LogP contribution is 2.18. The molecule has 0 N–H and O–H groups in total. The Morgan fingerprint density at radius 3 is 2.53 bits per heavy atom. The minimum absolute atomic E-state index is 0.0927. The van der Waals surface area contributed by atoms with E-state index >= 15 is 0 Å². The van der Waals surface area contributed by atoms with Gasteiger partial charge in [0.05, 0.1) is 16.5 Å². The standard InChI is InChI=1S/C9H6N2O3S/c1-7-4-8(5-10)2-3-9(7)15(13,14)11-6-12/h2-4H,1H3. The average Bonchev–Trinajstić information content (AvgIpc) is 2.17. The number of rotatable bonds is 2. The predicted molar refractivity (Wildman–Crippen MR) is 51.2 cm³/mol. The molecule has 0 saturated heterocycles. The summed E-state index contributed by atoms with van der Waals surface area (Å²) in [6.45, 7) is 1.52. The number of isocyanates is 1. The highest BCUT2D eigenvalue weighted by molar-refractivity contribution is 7.90. The van der Waals surface area contributed by atoms with Gasteiger partial charge in [-0.15, -0.1) is 0 Å². The molecule has 0 aliphatic rings. The van der Waals surface area contributed by atoms with Crippen molar-refractivity contribution in [3.05, 3.63) is 29.3 Å². The average molecular weight is 222 g/mol. The molecule has 0 aliphatic carbocycles. The summed E-state index contributed by atoms with van der Waals surface area (Å²) in [5, 5.41) is 8.57. The topological polar surface area (TPSA) is 87.4 Å². The Bertz CT molecular complexity index is 578. The van der Waals surface area contributed by atoms with Crippen molar-refractivity contribution in [3.8, 4) is 6.07 Å². The van der Waals surface area contributed by atoms with Gasteiger partial charge in [0, 0.05) is 0 Å². The minimum atomic E-state index is -3.97. The van der Waals surface area contributed by atoms with Crippen molar-refractivity contribution in [2.24, 2.45) is 4.40 Å². The van der Waals surface area contributed by atoms with Gasteiger partial charge in [-0.3, -0.25) is 0 Å². The van der Waals surface area contributed by atoms with Gasteiger partial charge in [0.1, 0.15) is 0 Å². The first-order valence-electron chi connectivity index (χ1n) is 3.86. The molecule has 0 spiro atoms. The van der Waals surface area contributed by atoms with Gasteiger partial charge < -0.3 is 0 Å². The van der Waals surface area contributed by atoms with Crippen molar-refractivity contribution in [2.75, 3.05) is 0 Å². The molecule has 1 aromatic rings. The van der Waals surface area contributed by atoms with E-state index in [4.69, 9.17) is 5.26 Å². The molecule has 0 unspecified atom stereocenters. The quantitative estimate of drug-likeness (QED) is 0.549. The highest BCUT2D eigenvalue weighted by Gasteiger charge is 2.15. The molecule has 76 valence electrons. The first kappa shape index (κ1) is 11.1. The van der Waals surface area contributed by atoms with Crippen molar-refractivity contribution in [2.45, 2.75) is 11.8 Å². The van der Waals surface area contributed by atoms with Crippen LogP contribution in [0.25, 0.3) is 0 Å². The fourth-order valence-corrected chi connectivity index (χ4v) is 2.01. The van der Waals surface area contributed by atoms with Crippen LogP contribution in [0.15, 0.2) is 27.5 Å². The van der Waals surface area contributed by atoms with Gasteiger partial charge in [-0.05, 0) is 30.7 Å². The fraction of sp³-hybridized carbons (Fsp3) is 0.111. The molecule has 0 atom stereocenters. The van der Waals surface area contributed by atoms with Gasteiger partial charge in [0.2, 0.25) is 0 Å². The largest absolute Gasteiger partial charge is 0.292 e. The maximum atomic E-state index is 11.3. The zero-order valence-electron chi connectivity index (χ0n) is 7.76. The van der Waals surface area contributed by atoms with E-state index in [1.54, 1.807) is 0 Å². The van der Waals surface area contributed by atoms with Crippen LogP contribution in [-0.2, 0) is 14.8 Å². The molecule has 0 bridgehead atoms. The number of aryl methyl sites for hydroxylation is 1. The maximum Gasteiger partial charge on any atom is 0.292 e. The van der Waals surface area contributed by atoms with Gasteiger partial charge in [0.15, 0.2) is 0 Å². The summed E-state index contributed by atoms with van der Waals surface area (Å²) in [5.74, 6) is 0.